The van der Waals surface area contributed by atoms with E-state index >= 15 is 0 Å². The normalized spacial score (nSPS) is 19.2. The van der Waals surface area contributed by atoms with Crippen LogP contribution in [0.2, 0.25) is 0 Å². The van der Waals surface area contributed by atoms with Crippen molar-refractivity contribution in [2.45, 2.75) is 251 Å². The molecule has 36 nitrogen and oxygen atoms in total. The Morgan fingerprint density at radius 1 is 0.593 bits per heavy atom. The first-order valence-corrected chi connectivity index (χ1v) is 52.6. The third-order valence-corrected chi connectivity index (χ3v) is 26.8. The molecule has 41 heteroatoms. The summed E-state index contributed by atoms with van der Waals surface area (Å²) in [6, 6.07) is 3.01. The quantitative estimate of drug-likeness (QED) is 0.0148. The molecule has 1 aromatic carbocycles. The summed E-state index contributed by atoms with van der Waals surface area (Å²) >= 11 is 5.75. The number of nitrogens with two attached hydrogens (primary N) is 6. The van der Waals surface area contributed by atoms with E-state index < -0.39 is 48.0 Å². The summed E-state index contributed by atoms with van der Waals surface area (Å²) in [5.41, 5.74) is 28.5. The minimum Gasteiger partial charge on any atom is -0.693 e. The van der Waals surface area contributed by atoms with Crippen molar-refractivity contribution in [1.29, 1.82) is 0 Å². The largest absolute Gasteiger partial charge is 0.693 e. The number of phenols is 1. The van der Waals surface area contributed by atoms with Crippen molar-refractivity contribution < 1.29 is 129 Å². The molecule has 3 rings (SSSR count). The van der Waals surface area contributed by atoms with Crippen LogP contribution in [0.4, 0.5) is 0 Å². The van der Waals surface area contributed by atoms with Crippen molar-refractivity contribution >= 4 is 147 Å². The Morgan fingerprint density at radius 2 is 1.13 bits per heavy atom. The second kappa shape index (κ2) is 81.4. The number of hydrogen-bond donors (Lipinski definition) is 13. The van der Waals surface area contributed by atoms with Gasteiger partial charge in [-0.05, 0) is 175 Å². The number of Topliss-reactive ketones (excluding diaryl/α,β-unsaturated/α-hetero) is 9. The van der Waals surface area contributed by atoms with E-state index in [4.69, 9.17) is 47.6 Å². The molecule has 0 bridgehead atoms. The summed E-state index contributed by atoms with van der Waals surface area (Å²) in [6.07, 6.45) is 19.0. The van der Waals surface area contributed by atoms with Gasteiger partial charge in [0, 0.05) is 155 Å². The van der Waals surface area contributed by atoms with Gasteiger partial charge >= 0.3 is 0 Å². The maximum Gasteiger partial charge on any atom is 0.234 e. The van der Waals surface area contributed by atoms with E-state index in [9.17, 15) is 77.0 Å². The van der Waals surface area contributed by atoms with Gasteiger partial charge < -0.3 is 106 Å². The van der Waals surface area contributed by atoms with Crippen LogP contribution in [0.15, 0.2) is 34.3 Å². The number of unbranched alkanes of at least 4 members (excludes halogenated alkanes) is 1. The fourth-order valence-corrected chi connectivity index (χ4v) is 17.7. The van der Waals surface area contributed by atoms with Crippen LogP contribution in [0.25, 0.3) is 6.15 Å². The van der Waals surface area contributed by atoms with Crippen LogP contribution in [-0.2, 0) is 130 Å². The zero-order valence-electron chi connectivity index (χ0n) is 81.4. The van der Waals surface area contributed by atoms with Gasteiger partial charge in [0.1, 0.15) is 46.2 Å². The van der Waals surface area contributed by atoms with E-state index in [0.717, 1.165) is 18.4 Å². The monoisotopic (exact) mass is 2050 g/mol. The fraction of sp³-hybridized carbons (Fsp3) is 0.755. The second-order valence-corrected chi connectivity index (χ2v) is 38.3. The SMILES string of the molecule is CC[C@H](C)[C@@H]1NC(=O)CCNC(=O)CSCC[C@@H](C(=O)CN(C)[C@H]([C-]=O)CCCN=C(N)N)NCC(=O)[C@H](CCCCNC(=O)CCOCCOCCCC(=O)CSC)CCC1=O.CC[C@H](C)[C@H]1CCC[C@@H](CCNC(=O)CCOCCOCCCC(=O)CSC)C(=O)CN[C@H](C(=O)CC[C@@H](CCCN=C(N)N)CN[C@@H](Cc2ccc(O)cc2)C(N)=O)CCSCC(=O)CCC(=O)C1.[NH2-].[Y]. The number of thioether (sulfide) groups is 4. The number of ether oxygens (including phenoxy) is 4. The van der Waals surface area contributed by atoms with Crippen LogP contribution in [0, 0.1) is 35.5 Å². The average molecular weight is 2050 g/mol. The van der Waals surface area contributed by atoms with Crippen LogP contribution < -0.4 is 65.9 Å². The van der Waals surface area contributed by atoms with Gasteiger partial charge in [-0.15, -0.1) is 0 Å². The Kier molecular flexibility index (Phi) is 77.7. The Hall–Kier alpha value is -6.25. The van der Waals surface area contributed by atoms with Gasteiger partial charge in [-0.2, -0.15) is 47.0 Å². The number of carbonyl (C=O) groups is 14. The minimum absolute atomic E-state index is 0. The van der Waals surface area contributed by atoms with E-state index in [0.29, 0.717) is 223 Å². The number of amides is 5. The molecule has 20 N–H and O–H groups in total. The molecule has 1 aromatic rings. The Bertz CT molecular complexity index is 3660. The number of nitrogens with one attached hydrogen (secondary N) is 7. The average Bonchev–Trinajstić information content (AvgIpc) is 1.41. The maximum atomic E-state index is 14.1. The van der Waals surface area contributed by atoms with Crippen molar-refractivity contribution in [3.63, 3.8) is 0 Å². The van der Waals surface area contributed by atoms with Crippen LogP contribution in [0.1, 0.15) is 219 Å². The molecule has 2 saturated heterocycles. The van der Waals surface area contributed by atoms with Gasteiger partial charge in [-0.3, -0.25) is 77.1 Å². The first-order valence-electron chi connectivity index (χ1n) is 47.5. The molecular weight excluding hydrogens is 1890 g/mol. The van der Waals surface area contributed by atoms with Crippen molar-refractivity contribution in [3.05, 3.63) is 36.0 Å². The molecule has 2 fully saturated rings. The van der Waals surface area contributed by atoms with Crippen LogP contribution in [0.5, 0.6) is 5.75 Å². The van der Waals surface area contributed by atoms with E-state index in [1.807, 2.05) is 32.6 Å². The first-order chi connectivity index (χ1) is 63.8. The number of primary amides is 1. The molecule has 767 valence electrons. The van der Waals surface area contributed by atoms with Crippen LogP contribution in [-0.4, -0.2) is 306 Å². The molecule has 2 aliphatic rings. The van der Waals surface area contributed by atoms with Gasteiger partial charge in [0.2, 0.25) is 29.5 Å². The molecule has 0 aliphatic carbocycles. The smallest absolute Gasteiger partial charge is 0.234 e. The maximum absolute atomic E-state index is 14.1. The predicted molar refractivity (Wildman–Crippen MR) is 533 cm³/mol. The van der Waals surface area contributed by atoms with Crippen molar-refractivity contribution in [1.82, 2.24) is 42.1 Å². The van der Waals surface area contributed by atoms with Gasteiger partial charge in [-0.25, -0.2) is 6.29 Å². The van der Waals surface area contributed by atoms with Crippen molar-refractivity contribution in [2.75, 3.05) is 166 Å². The summed E-state index contributed by atoms with van der Waals surface area (Å²) in [7, 11) is 1.65. The molecule has 0 unspecified atom stereocenters. The Balaban J connectivity index is 0.00000264. The number of carbonyl (C=O) groups excluding carboxylic acids is 15. The zero-order valence-corrected chi connectivity index (χ0v) is 87.5. The van der Waals surface area contributed by atoms with Gasteiger partial charge in [0.05, 0.1) is 106 Å². The Labute approximate surface area is 843 Å². The number of ketones is 9. The van der Waals surface area contributed by atoms with E-state index in [2.05, 4.69) is 61.0 Å². The number of aromatic hydroxyl groups is 1. The van der Waals surface area contributed by atoms with Gasteiger partial charge in [0.15, 0.2) is 23.5 Å². The van der Waals surface area contributed by atoms with E-state index in [1.54, 1.807) is 36.2 Å². The standard InChI is InChI=1S/C51H85N7O10S2.C43H75N8O10S2.H2N.Y/c1-4-36(2)40-10-5-9-39(20-24-55-49(65)21-26-68-28-27-67-25-7-11-43(61)34-69-3)48(64)33-58-45(22-29-70-35-44(62)18-17-42(60)31-40)47(63)19-14-38(8-6-23-56-51(53)54)32-57-46(50(52)66)30-37-12-15-41(59)16-13-37;1-5-31(2)42-36(54)14-13-32(10-6-7-18-46-39(57)16-22-61-24-23-60-21-9-12-34(53)29-62-4)37(55)26-49-35(17-25-63-30-41(59)47-20-15-40(58)50-42)38(56)27-51(3)33(28-52)11-8-19-48-43(44)45;;/h12-13,15-16,36,38-40,45-46,57-59H,4-11,14,17-35H2,1-3H3,(H2,52,66)(H,55,65)(H4,53,54,56);31-33,35,42,49H,5-27,29-30H2,1-4H3,(H,46,57)(H,47,59)(H,50,58)(H4,44,45,48);1H2;/q;2*-1;/t36-,38+,39-,40-,45-,46-;31-,32+,33-,35-,42-;;/m00../s1. The third-order valence-electron chi connectivity index (χ3n) is 23.5. The van der Waals surface area contributed by atoms with Gasteiger partial charge in [0.25, 0.3) is 0 Å². The molecule has 5 amide bonds. The summed E-state index contributed by atoms with van der Waals surface area (Å²) in [6.45, 7) is 12.5. The number of guanidine groups is 2. The van der Waals surface area contributed by atoms with Crippen LogP contribution >= 0.6 is 47.0 Å². The Morgan fingerprint density at radius 3 is 1.69 bits per heavy atom. The fourth-order valence-electron chi connectivity index (χ4n) is 15.1. The molecule has 0 spiro atoms. The van der Waals surface area contributed by atoms with Crippen LogP contribution in [0.3, 0.4) is 0 Å². The number of rotatable bonds is 59. The van der Waals surface area contributed by atoms with Crippen molar-refractivity contribution in [2.24, 2.45) is 74.2 Å². The number of benzene rings is 1. The summed E-state index contributed by atoms with van der Waals surface area (Å²) in [5.74, 6) is -0.151. The third kappa shape index (κ3) is 65.4. The summed E-state index contributed by atoms with van der Waals surface area (Å²) in [4.78, 5) is 203. The van der Waals surface area contributed by atoms with Crippen molar-refractivity contribution in [3.8, 4) is 5.75 Å². The van der Waals surface area contributed by atoms with E-state index in [-0.39, 0.29) is 259 Å². The second-order valence-electron chi connectivity index (χ2n) is 34.4. The zero-order chi connectivity index (χ0) is 98.4. The number of aliphatic imine (C=N–C) groups is 2. The molecule has 2 aliphatic heterocycles. The first kappa shape index (κ1) is 129. The minimum atomic E-state index is -0.764. The van der Waals surface area contributed by atoms with Gasteiger partial charge in [-0.1, -0.05) is 78.0 Å². The molecule has 135 heavy (non-hydrogen) atoms. The molecule has 2 heterocycles. The number of phenolic OH excluding ortho intramolecular Hbond substituents is 1. The number of hydrogen-bond acceptors (Lipinski definition) is 30. The molecule has 0 aromatic heterocycles. The molecular formula is C94H162N16O20S4Y-2. The molecule has 1 radical (unpaired) electrons. The summed E-state index contributed by atoms with van der Waals surface area (Å²) < 4.78 is 22.1. The summed E-state index contributed by atoms with van der Waals surface area (Å²) in [5, 5.41) is 30.9. The predicted octanol–water partition coefficient (Wildman–Crippen LogP) is 6.28. The topological polar surface area (TPSA) is 589 Å². The van der Waals surface area contributed by atoms with E-state index in [1.165, 1.54) is 47.0 Å². The number of nitrogens with zero attached hydrogens (tertiary/aromatic N) is 3. The number of likely N-dealkylation sites (N-methyl/N-ethyl adjacent to an activating group) is 1. The molecule has 0 saturated carbocycles. The molecule has 11 atom stereocenters.